The van der Waals surface area contributed by atoms with Crippen LogP contribution >= 0.6 is 25.3 Å². The van der Waals surface area contributed by atoms with E-state index in [4.69, 9.17) is 16.9 Å². The van der Waals surface area contributed by atoms with E-state index in [0.717, 1.165) is 10.9 Å². The summed E-state index contributed by atoms with van der Waals surface area (Å²) < 4.78 is 0. The van der Waals surface area contributed by atoms with Gasteiger partial charge in [-0.1, -0.05) is 68.8 Å². The molecule has 21 nitrogen and oxygen atoms in total. The molecule has 2 aromatic heterocycles. The number of aromatic nitrogens is 3. The van der Waals surface area contributed by atoms with Crippen LogP contribution in [0.1, 0.15) is 49.9 Å². The van der Waals surface area contributed by atoms with Crippen molar-refractivity contribution in [2.75, 3.05) is 18.1 Å². The zero-order valence-electron chi connectivity index (χ0n) is 37.2. The normalized spacial score (nSPS) is 14.7. The highest BCUT2D eigenvalue weighted by Gasteiger charge is 2.35. The predicted octanol–water partition coefficient (Wildman–Crippen LogP) is -0.591. The maximum Gasteiger partial charge on any atom is 0.327 e. The zero-order chi connectivity index (χ0) is 49.0. The number of nitrogens with one attached hydrogen (secondary N) is 10. The van der Waals surface area contributed by atoms with Gasteiger partial charge in [-0.25, -0.2) is 9.78 Å². The molecule has 0 radical (unpaired) electrons. The molecule has 0 aliphatic rings. The Balaban J connectivity index is 1.66. The number of fused-ring (bicyclic) bond motifs is 1. The number of carboxylic acids is 1. The number of thiol groups is 2. The third kappa shape index (κ3) is 16.4. The lowest BCUT2D eigenvalue weighted by molar-refractivity contribution is -0.141. The van der Waals surface area contributed by atoms with Gasteiger partial charge in [-0.15, -0.1) is 0 Å². The van der Waals surface area contributed by atoms with Gasteiger partial charge in [-0.3, -0.25) is 34.2 Å². The Bertz CT molecular complexity index is 2300. The molecule has 0 aliphatic heterocycles. The largest absolute Gasteiger partial charge is 0.480 e. The summed E-state index contributed by atoms with van der Waals surface area (Å²) in [6.07, 6.45) is 4.98. The van der Waals surface area contributed by atoms with Crippen LogP contribution in [0, 0.1) is 11.3 Å². The fraction of sp³-hybridized carbons (Fsp3) is 0.432. The van der Waals surface area contributed by atoms with Crippen LogP contribution in [-0.4, -0.2) is 128 Å². The van der Waals surface area contributed by atoms with Gasteiger partial charge in [0.25, 0.3) is 0 Å². The van der Waals surface area contributed by atoms with Crippen molar-refractivity contribution in [3.05, 3.63) is 90.1 Å². The van der Waals surface area contributed by atoms with Crippen molar-refractivity contribution in [1.82, 2.24) is 52.2 Å². The van der Waals surface area contributed by atoms with Gasteiger partial charge in [-0.2, -0.15) is 25.3 Å². The van der Waals surface area contributed by atoms with Gasteiger partial charge in [0.2, 0.25) is 35.4 Å². The third-order valence-electron chi connectivity index (χ3n) is 11.0. The summed E-state index contributed by atoms with van der Waals surface area (Å²) in [5.41, 5.74) is 13.8. The molecular formula is C44H61N13O8S2. The molecule has 0 unspecified atom stereocenters. The van der Waals surface area contributed by atoms with Crippen LogP contribution in [0.5, 0.6) is 0 Å². The molecule has 0 aliphatic carbocycles. The fourth-order valence-corrected chi connectivity index (χ4v) is 7.40. The van der Waals surface area contributed by atoms with Gasteiger partial charge >= 0.3 is 5.97 Å². The summed E-state index contributed by atoms with van der Waals surface area (Å²) in [4.78, 5) is 106. The standard InChI is InChI=1S/C44H61N13O8S2/c1-3-24(2)36(57-37(58)29(45)21-66)42(63)55-34(18-27-20-48-23-51-27)41(62)53-32(16-25-10-5-4-6-11-25)39(60)52-31(14-9-15-49-44(46)47)38(59)54-33(40(61)56-35(22-67)43(64)65)17-26-19-50-30-13-8-7-12-28(26)30/h4-8,10-13,19-20,23-24,29,31-36,50,66-67H,3,9,14-18,21-22,45H2,1-2H3,(H,48,51)(H,52,60)(H,53,62)(H,54,59)(H,55,63)(H,56,61)(H,57,58)(H,64,65)(H4,46,47,49)/t24-,29+,31+,32-,33+,34+,35+,36-/m1/s1. The number of rotatable bonds is 27. The maximum absolute atomic E-state index is 14.5. The van der Waals surface area contributed by atoms with Gasteiger partial charge < -0.3 is 63.8 Å². The summed E-state index contributed by atoms with van der Waals surface area (Å²) in [5, 5.41) is 36.7. The quantitative estimate of drug-likeness (QED) is 0.0154. The minimum atomic E-state index is -1.38. The van der Waals surface area contributed by atoms with E-state index < -0.39 is 83.7 Å². The molecule has 0 spiro atoms. The zero-order valence-corrected chi connectivity index (χ0v) is 39.0. The molecule has 0 saturated carbocycles. The molecule has 23 heteroatoms. The van der Waals surface area contributed by atoms with Crippen LogP contribution in [0.3, 0.4) is 0 Å². The number of nitrogens with zero attached hydrogens (tertiary/aromatic N) is 1. The molecule has 8 atom stereocenters. The monoisotopic (exact) mass is 963 g/mol. The van der Waals surface area contributed by atoms with E-state index in [-0.39, 0.29) is 62.0 Å². The first-order valence-electron chi connectivity index (χ1n) is 21.7. The van der Waals surface area contributed by atoms with E-state index >= 15 is 0 Å². The lowest BCUT2D eigenvalue weighted by atomic mass is 9.97. The molecule has 4 aromatic rings. The summed E-state index contributed by atoms with van der Waals surface area (Å²) in [6, 6.07) is 7.20. The van der Waals surface area contributed by atoms with E-state index in [0.29, 0.717) is 23.2 Å². The Morgan fingerprint density at radius 3 is 1.91 bits per heavy atom. The minimum absolute atomic E-state index is 0.0259. The number of imidazole rings is 1. The lowest BCUT2D eigenvalue weighted by Gasteiger charge is -2.29. The number of benzene rings is 2. The van der Waals surface area contributed by atoms with E-state index in [1.54, 1.807) is 49.5 Å². The average Bonchev–Trinajstić information content (AvgIpc) is 3.99. The predicted molar refractivity (Wildman–Crippen MR) is 258 cm³/mol. The van der Waals surface area contributed by atoms with Gasteiger partial charge in [0.15, 0.2) is 5.96 Å². The highest BCUT2D eigenvalue weighted by atomic mass is 32.1. The molecular weight excluding hydrogens is 903 g/mol. The highest BCUT2D eigenvalue weighted by Crippen LogP contribution is 2.20. The summed E-state index contributed by atoms with van der Waals surface area (Å²) in [6.45, 7) is 3.73. The number of nitrogens with two attached hydrogens (primary N) is 2. The van der Waals surface area contributed by atoms with Crippen LogP contribution in [-0.2, 0) is 52.8 Å². The number of aliphatic carboxylic acids is 1. The first-order valence-corrected chi connectivity index (χ1v) is 23.0. The first-order chi connectivity index (χ1) is 32.0. The second kappa shape index (κ2) is 26.5. The average molecular weight is 964 g/mol. The van der Waals surface area contributed by atoms with Crippen molar-refractivity contribution in [3.8, 4) is 0 Å². The lowest BCUT2D eigenvalue weighted by Crippen LogP contribution is -2.61. The number of hydrogen-bond acceptors (Lipinski definition) is 12. The van der Waals surface area contributed by atoms with Crippen LogP contribution in [0.2, 0.25) is 0 Å². The topological polar surface area (TPSA) is 344 Å². The molecule has 362 valence electrons. The Labute approximate surface area is 398 Å². The van der Waals surface area contributed by atoms with Gasteiger partial charge in [0.05, 0.1) is 18.1 Å². The van der Waals surface area contributed by atoms with Gasteiger partial charge in [0.1, 0.15) is 36.3 Å². The number of guanidine groups is 1. The van der Waals surface area contributed by atoms with Crippen molar-refractivity contribution >= 4 is 83.5 Å². The molecule has 0 fully saturated rings. The smallest absolute Gasteiger partial charge is 0.327 e. The number of carbonyl (C=O) groups excluding carboxylic acids is 6. The Morgan fingerprint density at radius 1 is 0.731 bits per heavy atom. The number of amides is 6. The highest BCUT2D eigenvalue weighted by molar-refractivity contribution is 7.80. The molecule has 2 aromatic carbocycles. The Hall–Kier alpha value is -6.59. The van der Waals surface area contributed by atoms with Crippen LogP contribution < -0.4 is 48.7 Å². The number of aromatic amines is 2. The number of carbonyl (C=O) groups is 7. The third-order valence-corrected chi connectivity index (χ3v) is 11.7. The van der Waals surface area contributed by atoms with Crippen molar-refractivity contribution < 1.29 is 38.7 Å². The van der Waals surface area contributed by atoms with Gasteiger partial charge in [-0.05, 0) is 36.0 Å². The summed E-state index contributed by atoms with van der Waals surface area (Å²) in [5.74, 6) is -6.75. The van der Waals surface area contributed by atoms with Gasteiger partial charge in [0, 0.05) is 60.6 Å². The number of para-hydroxylation sites is 1. The van der Waals surface area contributed by atoms with Crippen molar-refractivity contribution in [2.45, 2.75) is 94.7 Å². The fourth-order valence-electron chi connectivity index (χ4n) is 6.99. The van der Waals surface area contributed by atoms with E-state index in [1.807, 2.05) is 25.1 Å². The Morgan fingerprint density at radius 2 is 1.31 bits per heavy atom. The van der Waals surface area contributed by atoms with Crippen molar-refractivity contribution in [1.29, 1.82) is 5.41 Å². The second-order valence-electron chi connectivity index (χ2n) is 16.0. The van der Waals surface area contributed by atoms with E-state index in [9.17, 15) is 38.7 Å². The van der Waals surface area contributed by atoms with Crippen LogP contribution in [0.25, 0.3) is 10.9 Å². The second-order valence-corrected chi connectivity index (χ2v) is 16.7. The molecule has 0 saturated heterocycles. The van der Waals surface area contributed by atoms with Crippen LogP contribution in [0.15, 0.2) is 73.3 Å². The van der Waals surface area contributed by atoms with Crippen molar-refractivity contribution in [3.63, 3.8) is 0 Å². The molecule has 2 heterocycles. The van der Waals surface area contributed by atoms with E-state index in [1.165, 1.54) is 12.5 Å². The molecule has 15 N–H and O–H groups in total. The molecule has 4 rings (SSSR count). The number of hydrogen-bond donors (Lipinski definition) is 15. The SMILES string of the molecule is CC[C@@H](C)[C@@H](NC(=O)[C@@H](N)CS)C(=O)N[C@@H](Cc1c[nH]cn1)C(=O)N[C@H](Cc1ccccc1)C(=O)N[C@@H](CCCNC(=N)N)C(=O)N[C@@H](Cc1c[nH]c2ccccc12)C(=O)N[C@@H](CS)C(=O)O. The number of H-pyrrole nitrogens is 2. The van der Waals surface area contributed by atoms with Crippen molar-refractivity contribution in [2.24, 2.45) is 17.4 Å². The Kier molecular flexibility index (Phi) is 21.0. The molecule has 6 amide bonds. The summed E-state index contributed by atoms with van der Waals surface area (Å²) in [7, 11) is 0. The molecule has 67 heavy (non-hydrogen) atoms. The number of carboxylic acid groups (broad SMARTS) is 1. The van der Waals surface area contributed by atoms with Crippen LogP contribution in [0.4, 0.5) is 0 Å². The van der Waals surface area contributed by atoms with E-state index in [2.05, 4.69) is 77.4 Å². The molecule has 0 bridgehead atoms. The minimum Gasteiger partial charge on any atom is -0.480 e. The summed E-state index contributed by atoms with van der Waals surface area (Å²) >= 11 is 8.16. The maximum atomic E-state index is 14.5. The first kappa shape index (κ1) is 53.0.